The van der Waals surface area contributed by atoms with Crippen molar-refractivity contribution in [2.24, 2.45) is 0 Å². The van der Waals surface area contributed by atoms with Crippen LogP contribution in [-0.2, 0) is 17.8 Å². The number of carbonyl (C=O) groups excluding carboxylic acids is 1. The third-order valence-electron chi connectivity index (χ3n) is 5.58. The number of nitrogens with zero attached hydrogens (tertiary/aromatic N) is 2. The summed E-state index contributed by atoms with van der Waals surface area (Å²) < 4.78 is 1.37. The minimum Gasteiger partial charge on any atom is -0.325 e. The summed E-state index contributed by atoms with van der Waals surface area (Å²) >= 11 is 1.44. The third-order valence-corrected chi connectivity index (χ3v) is 6.47. The van der Waals surface area contributed by atoms with Crippen molar-refractivity contribution in [3.05, 3.63) is 94.4 Å². The number of hydrogen-bond donors (Lipinski definition) is 1. The molecule has 0 fully saturated rings. The third kappa shape index (κ3) is 3.81. The average molecular weight is 440 g/mol. The largest absolute Gasteiger partial charge is 0.325 e. The Labute approximate surface area is 189 Å². The predicted octanol–water partition coefficient (Wildman–Crippen LogP) is 5.48. The number of thiophene rings is 1. The second-order valence-corrected chi connectivity index (χ2v) is 8.53. The van der Waals surface area contributed by atoms with Gasteiger partial charge in [0.05, 0.1) is 11.7 Å². The molecule has 2 aromatic heterocycles. The van der Waals surface area contributed by atoms with Gasteiger partial charge in [0.1, 0.15) is 11.4 Å². The van der Waals surface area contributed by atoms with E-state index in [0.717, 1.165) is 28.3 Å². The fraction of sp³-hybridized carbons (Fsp3) is 0.115. The normalized spacial score (nSPS) is 11.2. The van der Waals surface area contributed by atoms with E-state index in [9.17, 15) is 9.59 Å². The monoisotopic (exact) mass is 439 g/mol. The van der Waals surface area contributed by atoms with E-state index in [1.54, 1.807) is 0 Å². The summed E-state index contributed by atoms with van der Waals surface area (Å²) in [6.07, 6.45) is 2.39. The number of aromatic nitrogens is 2. The van der Waals surface area contributed by atoms with Crippen molar-refractivity contribution in [1.82, 2.24) is 9.55 Å². The zero-order chi connectivity index (χ0) is 22.1. The molecule has 0 bridgehead atoms. The van der Waals surface area contributed by atoms with Gasteiger partial charge in [-0.15, -0.1) is 11.3 Å². The van der Waals surface area contributed by atoms with Gasteiger partial charge in [0, 0.05) is 16.6 Å². The molecule has 32 heavy (non-hydrogen) atoms. The summed E-state index contributed by atoms with van der Waals surface area (Å²) in [7, 11) is 0. The lowest BCUT2D eigenvalue weighted by Crippen LogP contribution is -2.27. The number of amides is 1. The van der Waals surface area contributed by atoms with Crippen LogP contribution in [0.1, 0.15) is 12.5 Å². The highest BCUT2D eigenvalue weighted by atomic mass is 32.1. The smallest absolute Gasteiger partial charge is 0.263 e. The van der Waals surface area contributed by atoms with Gasteiger partial charge >= 0.3 is 0 Å². The first-order valence-electron chi connectivity index (χ1n) is 10.5. The molecule has 0 aliphatic carbocycles. The maximum Gasteiger partial charge on any atom is 0.263 e. The lowest BCUT2D eigenvalue weighted by Gasteiger charge is -2.08. The summed E-state index contributed by atoms with van der Waals surface area (Å²) in [5.41, 5.74) is 3.51. The van der Waals surface area contributed by atoms with E-state index in [1.807, 2.05) is 47.8 Å². The average Bonchev–Trinajstić information content (AvgIpc) is 3.26. The Hall–Kier alpha value is -3.77. The second kappa shape index (κ2) is 8.40. The number of fused-ring (bicyclic) bond motifs is 2. The number of carbonyl (C=O) groups is 1. The summed E-state index contributed by atoms with van der Waals surface area (Å²) in [4.78, 5) is 30.9. The molecule has 5 aromatic rings. The second-order valence-electron chi connectivity index (χ2n) is 7.67. The highest BCUT2D eigenvalue weighted by molar-refractivity contribution is 7.17. The molecule has 0 atom stereocenters. The van der Waals surface area contributed by atoms with Crippen molar-refractivity contribution in [3.8, 4) is 11.1 Å². The lowest BCUT2D eigenvalue weighted by atomic mass is 10.0. The van der Waals surface area contributed by atoms with Crippen LogP contribution >= 0.6 is 11.3 Å². The number of anilines is 1. The zero-order valence-electron chi connectivity index (χ0n) is 17.5. The van der Waals surface area contributed by atoms with Gasteiger partial charge in [0.25, 0.3) is 5.56 Å². The topological polar surface area (TPSA) is 64.0 Å². The number of hydrogen-bond acceptors (Lipinski definition) is 4. The fourth-order valence-corrected chi connectivity index (χ4v) is 4.74. The molecule has 2 heterocycles. The predicted molar refractivity (Wildman–Crippen MR) is 131 cm³/mol. The molecule has 0 unspecified atom stereocenters. The van der Waals surface area contributed by atoms with Gasteiger partial charge in [-0.25, -0.2) is 4.98 Å². The minimum atomic E-state index is -0.264. The van der Waals surface area contributed by atoms with E-state index in [2.05, 4.69) is 41.5 Å². The Balaban J connectivity index is 1.46. The molecule has 1 amide bonds. The Morgan fingerprint density at radius 3 is 2.59 bits per heavy atom. The molecule has 0 aliphatic rings. The van der Waals surface area contributed by atoms with E-state index in [0.29, 0.717) is 15.9 Å². The van der Waals surface area contributed by atoms with Crippen LogP contribution in [0.3, 0.4) is 0 Å². The van der Waals surface area contributed by atoms with Crippen LogP contribution in [0.5, 0.6) is 0 Å². The zero-order valence-corrected chi connectivity index (χ0v) is 18.4. The summed E-state index contributed by atoms with van der Waals surface area (Å²) in [5.74, 6) is -0.264. The minimum absolute atomic E-state index is 0.0929. The van der Waals surface area contributed by atoms with Crippen LogP contribution in [0.2, 0.25) is 0 Å². The molecule has 0 saturated carbocycles. The molecule has 158 valence electrons. The van der Waals surface area contributed by atoms with Gasteiger partial charge in [-0.05, 0) is 46.5 Å². The van der Waals surface area contributed by atoms with Crippen molar-refractivity contribution in [2.75, 3.05) is 5.32 Å². The molecule has 3 aromatic carbocycles. The van der Waals surface area contributed by atoms with Crippen LogP contribution in [0.25, 0.3) is 32.1 Å². The SMILES string of the molecule is CCc1ccc(NC(=O)Cn2cnc3scc(-c4ccc5ccccc5c4)c3c2=O)cc1. The highest BCUT2D eigenvalue weighted by Gasteiger charge is 2.15. The Bertz CT molecular complexity index is 1500. The molecule has 1 N–H and O–H groups in total. The van der Waals surface area contributed by atoms with E-state index in [4.69, 9.17) is 0 Å². The molecular weight excluding hydrogens is 418 g/mol. The number of nitrogens with one attached hydrogen (secondary N) is 1. The van der Waals surface area contributed by atoms with Crippen LogP contribution in [0.15, 0.2) is 83.2 Å². The van der Waals surface area contributed by atoms with E-state index >= 15 is 0 Å². The van der Waals surface area contributed by atoms with Crippen LogP contribution in [0.4, 0.5) is 5.69 Å². The highest BCUT2D eigenvalue weighted by Crippen LogP contribution is 2.32. The van der Waals surface area contributed by atoms with Crippen molar-refractivity contribution >= 4 is 43.9 Å². The summed E-state index contributed by atoms with van der Waals surface area (Å²) in [6, 6.07) is 22.0. The van der Waals surface area contributed by atoms with Gasteiger partial charge in [0.2, 0.25) is 5.91 Å². The fourth-order valence-electron chi connectivity index (χ4n) is 3.83. The first kappa shape index (κ1) is 20.2. The standard InChI is InChI=1S/C26H21N3O2S/c1-2-17-7-11-21(12-8-17)28-23(30)14-29-16-27-25-24(26(29)31)22(15-32-25)20-10-9-18-5-3-4-6-19(18)13-20/h3-13,15-16H,2,14H2,1H3,(H,28,30). The molecular formula is C26H21N3O2S. The number of rotatable bonds is 5. The molecule has 0 aliphatic heterocycles. The van der Waals surface area contributed by atoms with E-state index in [-0.39, 0.29) is 18.0 Å². The van der Waals surface area contributed by atoms with Gasteiger partial charge in [0.15, 0.2) is 0 Å². The summed E-state index contributed by atoms with van der Waals surface area (Å²) in [5, 5.41) is 7.62. The van der Waals surface area contributed by atoms with E-state index in [1.165, 1.54) is 27.8 Å². The first-order valence-corrected chi connectivity index (χ1v) is 11.3. The Morgan fingerprint density at radius 1 is 1.03 bits per heavy atom. The van der Waals surface area contributed by atoms with Crippen molar-refractivity contribution in [2.45, 2.75) is 19.9 Å². The molecule has 0 radical (unpaired) electrons. The molecule has 0 saturated heterocycles. The first-order chi connectivity index (χ1) is 15.6. The molecule has 0 spiro atoms. The van der Waals surface area contributed by atoms with Gasteiger partial charge in [-0.1, -0.05) is 55.5 Å². The van der Waals surface area contributed by atoms with E-state index < -0.39 is 0 Å². The number of aryl methyl sites for hydroxylation is 1. The number of benzene rings is 3. The molecule has 5 rings (SSSR count). The van der Waals surface area contributed by atoms with Crippen LogP contribution in [0, 0.1) is 0 Å². The maximum atomic E-state index is 13.3. The maximum absolute atomic E-state index is 13.3. The van der Waals surface area contributed by atoms with Gasteiger partial charge in [-0.3, -0.25) is 14.2 Å². The molecule has 6 heteroatoms. The van der Waals surface area contributed by atoms with Crippen LogP contribution < -0.4 is 10.9 Å². The van der Waals surface area contributed by atoms with Crippen LogP contribution in [-0.4, -0.2) is 15.5 Å². The van der Waals surface area contributed by atoms with Gasteiger partial charge in [-0.2, -0.15) is 0 Å². The Kier molecular flexibility index (Phi) is 5.29. The quantitative estimate of drug-likeness (QED) is 0.394. The summed E-state index contributed by atoms with van der Waals surface area (Å²) in [6.45, 7) is 1.99. The Morgan fingerprint density at radius 2 is 1.81 bits per heavy atom. The van der Waals surface area contributed by atoms with Crippen molar-refractivity contribution in [3.63, 3.8) is 0 Å². The van der Waals surface area contributed by atoms with Crippen molar-refractivity contribution in [1.29, 1.82) is 0 Å². The van der Waals surface area contributed by atoms with Crippen molar-refractivity contribution < 1.29 is 4.79 Å². The lowest BCUT2D eigenvalue weighted by molar-refractivity contribution is -0.116. The molecule has 5 nitrogen and oxygen atoms in total. The van der Waals surface area contributed by atoms with Gasteiger partial charge < -0.3 is 5.32 Å².